The summed E-state index contributed by atoms with van der Waals surface area (Å²) in [5, 5.41) is 4.88. The maximum Gasteiger partial charge on any atom is 0.255 e. The number of nitrogens with zero attached hydrogens (tertiary/aromatic N) is 1. The summed E-state index contributed by atoms with van der Waals surface area (Å²) in [6.45, 7) is 3.18. The number of amides is 2. The van der Waals surface area contributed by atoms with E-state index in [0.29, 0.717) is 47.9 Å². The number of carbonyl (C=O) groups is 2. The number of carbonyl (C=O) groups excluding carboxylic acids is 2. The summed E-state index contributed by atoms with van der Waals surface area (Å²) in [6.07, 6.45) is 2.20. The number of nitrogens with two attached hydrogens (primary N) is 1. The van der Waals surface area contributed by atoms with Gasteiger partial charge in [-0.25, -0.2) is 0 Å². The third kappa shape index (κ3) is 4.85. The normalized spacial score (nSPS) is 15.4. The van der Waals surface area contributed by atoms with Crippen LogP contribution in [0.2, 0.25) is 0 Å². The molecule has 4 N–H and O–H groups in total. The van der Waals surface area contributed by atoms with Crippen LogP contribution < -0.4 is 11.1 Å². The topological polar surface area (TPSA) is 95.7 Å². The van der Waals surface area contributed by atoms with Crippen molar-refractivity contribution in [3.63, 3.8) is 0 Å². The molecule has 1 saturated heterocycles. The smallest absolute Gasteiger partial charge is 0.255 e. The van der Waals surface area contributed by atoms with Crippen molar-refractivity contribution in [2.24, 2.45) is 0 Å². The Hall–Kier alpha value is -2.73. The minimum absolute atomic E-state index is 0.0628. The molecule has 4 rings (SSSR count). The number of hydrogen-bond donors (Lipinski definition) is 3. The zero-order valence-corrected chi connectivity index (χ0v) is 19.7. The van der Waals surface area contributed by atoms with Gasteiger partial charge in [-0.3, -0.25) is 14.5 Å². The fourth-order valence-corrected chi connectivity index (χ4v) is 6.57. The molecule has 0 atom stereocenters. The van der Waals surface area contributed by atoms with E-state index in [1.54, 1.807) is 46.6 Å². The highest BCUT2D eigenvalue weighted by Gasteiger charge is 2.39. The quantitative estimate of drug-likeness (QED) is 0.375. The fraction of sp³-hybridized carbons (Fsp3) is 0.250. The summed E-state index contributed by atoms with van der Waals surface area (Å²) in [6, 6.07) is 16.2. The van der Waals surface area contributed by atoms with Crippen LogP contribution in [0.1, 0.15) is 27.6 Å². The molecule has 2 heterocycles. The van der Waals surface area contributed by atoms with E-state index < -0.39 is 7.49 Å². The van der Waals surface area contributed by atoms with Crippen LogP contribution in [0.5, 0.6) is 0 Å². The molecular weight excluding hydrogens is 441 g/mol. The molecule has 0 spiro atoms. The standard InChI is InChI=1S/C24H26N3O3PS/c1-2-31(30)13-11-27(12-14-31)24(29)18-7-5-17(6-8-18)23(28)26-21-16-19(9-10-20(21)25)22-4-3-15-32-22/h3-10,15-16,30H,2,11-14H2,1H3,(H2-,25,26,28,29)/p+1. The van der Waals surface area contributed by atoms with Crippen LogP contribution in [0, 0.1) is 0 Å². The minimum atomic E-state index is -1.85. The minimum Gasteiger partial charge on any atom is -0.397 e. The molecule has 0 radical (unpaired) electrons. The number of thiophene rings is 1. The van der Waals surface area contributed by atoms with Gasteiger partial charge < -0.3 is 16.0 Å². The molecule has 1 aliphatic heterocycles. The van der Waals surface area contributed by atoms with E-state index in [4.69, 9.17) is 5.73 Å². The first kappa shape index (κ1) is 22.5. The number of anilines is 2. The highest BCUT2D eigenvalue weighted by atomic mass is 32.1. The molecule has 1 fully saturated rings. The lowest BCUT2D eigenvalue weighted by Crippen LogP contribution is -2.41. The molecule has 6 nitrogen and oxygen atoms in total. The second-order valence-corrected chi connectivity index (χ2v) is 12.6. The van der Waals surface area contributed by atoms with E-state index in [1.807, 2.05) is 36.6 Å². The van der Waals surface area contributed by atoms with E-state index in [2.05, 4.69) is 5.32 Å². The Morgan fingerprint density at radius 2 is 1.78 bits per heavy atom. The average Bonchev–Trinajstić information content (AvgIpc) is 3.36. The summed E-state index contributed by atoms with van der Waals surface area (Å²) in [5.41, 5.74) is 9.10. The fourth-order valence-electron chi connectivity index (χ4n) is 3.76. The van der Waals surface area contributed by atoms with Gasteiger partial charge in [-0.1, -0.05) is 12.1 Å². The highest BCUT2D eigenvalue weighted by molar-refractivity contribution is 7.70. The zero-order valence-electron chi connectivity index (χ0n) is 18.0. The van der Waals surface area contributed by atoms with Crippen LogP contribution in [0.25, 0.3) is 10.4 Å². The van der Waals surface area contributed by atoms with Crippen molar-refractivity contribution in [2.45, 2.75) is 6.92 Å². The molecule has 3 aromatic rings. The van der Waals surface area contributed by atoms with E-state index >= 15 is 0 Å². The van der Waals surface area contributed by atoms with Crippen LogP contribution in [0.3, 0.4) is 0 Å². The summed E-state index contributed by atoms with van der Waals surface area (Å²) in [4.78, 5) is 38.9. The molecule has 0 aliphatic carbocycles. The largest absolute Gasteiger partial charge is 0.397 e. The first-order valence-electron chi connectivity index (χ1n) is 10.6. The second kappa shape index (κ2) is 9.41. The summed E-state index contributed by atoms with van der Waals surface area (Å²) >= 11 is 1.62. The Bertz CT molecular complexity index is 1110. The first-order valence-corrected chi connectivity index (χ1v) is 13.8. The van der Waals surface area contributed by atoms with Gasteiger partial charge in [-0.2, -0.15) is 0 Å². The lowest BCUT2D eigenvalue weighted by atomic mass is 10.1. The van der Waals surface area contributed by atoms with E-state index in [9.17, 15) is 14.5 Å². The van der Waals surface area contributed by atoms with E-state index in [1.165, 1.54) is 0 Å². The Balaban J connectivity index is 1.43. The lowest BCUT2D eigenvalue weighted by Gasteiger charge is -2.32. The number of benzene rings is 2. The Kier molecular flexibility index (Phi) is 6.60. The van der Waals surface area contributed by atoms with Crippen molar-refractivity contribution >= 4 is 42.0 Å². The van der Waals surface area contributed by atoms with Crippen molar-refractivity contribution in [1.82, 2.24) is 4.90 Å². The molecule has 1 aliphatic rings. The number of hydrogen-bond acceptors (Lipinski definition) is 5. The second-order valence-electron chi connectivity index (χ2n) is 7.96. The molecular formula is C24H27N3O3PS+. The Morgan fingerprint density at radius 3 is 2.41 bits per heavy atom. The molecule has 166 valence electrons. The number of nitrogens with one attached hydrogen (secondary N) is 1. The predicted molar refractivity (Wildman–Crippen MR) is 134 cm³/mol. The molecule has 1 aromatic heterocycles. The van der Waals surface area contributed by atoms with Crippen molar-refractivity contribution in [2.75, 3.05) is 42.6 Å². The summed E-state index contributed by atoms with van der Waals surface area (Å²) in [5.74, 6) is -0.345. The average molecular weight is 469 g/mol. The maximum absolute atomic E-state index is 12.8. The van der Waals surface area contributed by atoms with E-state index in [-0.39, 0.29) is 11.8 Å². The van der Waals surface area contributed by atoms with Gasteiger partial charge in [0.25, 0.3) is 11.8 Å². The molecule has 8 heteroatoms. The Labute approximate surface area is 192 Å². The number of nitrogen functional groups attached to an aromatic ring is 1. The lowest BCUT2D eigenvalue weighted by molar-refractivity contribution is 0.0767. The van der Waals surface area contributed by atoms with Gasteiger partial charge in [0.05, 0.1) is 30.6 Å². The van der Waals surface area contributed by atoms with Crippen LogP contribution in [0.4, 0.5) is 11.4 Å². The van der Waals surface area contributed by atoms with Crippen LogP contribution in [-0.4, -0.2) is 53.2 Å². The predicted octanol–water partition coefficient (Wildman–Crippen LogP) is 4.65. The zero-order chi connectivity index (χ0) is 22.7. The van der Waals surface area contributed by atoms with Gasteiger partial charge >= 0.3 is 0 Å². The summed E-state index contributed by atoms with van der Waals surface area (Å²) in [7, 11) is -1.85. The SMILES string of the molecule is CC[P+]1(O)CCN(C(=O)c2ccc(C(=O)Nc3cc(-c4cccs4)ccc3N)cc2)CC1. The Morgan fingerprint density at radius 1 is 1.09 bits per heavy atom. The third-order valence-electron chi connectivity index (χ3n) is 5.95. The van der Waals surface area contributed by atoms with Gasteiger partial charge in [0.2, 0.25) is 0 Å². The van der Waals surface area contributed by atoms with Crippen LogP contribution in [0.15, 0.2) is 60.0 Å². The van der Waals surface area contributed by atoms with Gasteiger partial charge in [0.1, 0.15) is 19.8 Å². The van der Waals surface area contributed by atoms with Crippen LogP contribution >= 0.6 is 18.8 Å². The van der Waals surface area contributed by atoms with E-state index in [0.717, 1.165) is 16.6 Å². The van der Waals surface area contributed by atoms with Gasteiger partial charge in [0, 0.05) is 16.0 Å². The third-order valence-corrected chi connectivity index (χ3v) is 10.1. The van der Waals surface area contributed by atoms with Gasteiger partial charge in [-0.15, -0.1) is 11.3 Å². The van der Waals surface area contributed by atoms with Gasteiger partial charge in [-0.05, 0) is 60.3 Å². The molecule has 2 amide bonds. The molecule has 0 saturated carbocycles. The van der Waals surface area contributed by atoms with Crippen molar-refractivity contribution < 1.29 is 14.5 Å². The van der Waals surface area contributed by atoms with Crippen LogP contribution in [-0.2, 0) is 0 Å². The van der Waals surface area contributed by atoms with Gasteiger partial charge in [0.15, 0.2) is 0 Å². The van der Waals surface area contributed by atoms with Crippen molar-refractivity contribution in [1.29, 1.82) is 0 Å². The molecule has 0 unspecified atom stereocenters. The first-order chi connectivity index (χ1) is 15.4. The van der Waals surface area contributed by atoms with Crippen molar-refractivity contribution in [3.8, 4) is 10.4 Å². The summed E-state index contributed by atoms with van der Waals surface area (Å²) < 4.78 is 0. The van der Waals surface area contributed by atoms with Crippen molar-refractivity contribution in [3.05, 3.63) is 71.1 Å². The number of rotatable bonds is 5. The monoisotopic (exact) mass is 468 g/mol. The highest BCUT2D eigenvalue weighted by Crippen LogP contribution is 2.55. The molecule has 32 heavy (non-hydrogen) atoms. The molecule has 2 aromatic carbocycles. The maximum atomic E-state index is 12.8. The molecule has 0 bridgehead atoms.